The summed E-state index contributed by atoms with van der Waals surface area (Å²) in [6.07, 6.45) is 0. The molecule has 0 spiro atoms. The van der Waals surface area contributed by atoms with E-state index in [2.05, 4.69) is 59.4 Å². The van der Waals surface area contributed by atoms with Gasteiger partial charge in [-0.05, 0) is 59.6 Å². The average molecular weight is 359 g/mol. The van der Waals surface area contributed by atoms with Crippen molar-refractivity contribution in [1.82, 2.24) is 5.32 Å². The molecule has 0 aliphatic rings. The first-order valence-electron chi connectivity index (χ1n) is 6.28. The van der Waals surface area contributed by atoms with Crippen molar-refractivity contribution in [2.45, 2.75) is 26.8 Å². The fraction of sp³-hybridized carbons (Fsp3) is 0.333. The minimum absolute atomic E-state index is 0.207. The van der Waals surface area contributed by atoms with Gasteiger partial charge in [-0.2, -0.15) is 0 Å². The zero-order valence-corrected chi connectivity index (χ0v) is 14.4. The Kier molecular flexibility index (Phi) is 5.07. The highest BCUT2D eigenvalue weighted by Crippen LogP contribution is 2.34. The molecule has 2 aromatic rings. The van der Waals surface area contributed by atoms with Gasteiger partial charge in [0.25, 0.3) is 0 Å². The molecule has 1 unspecified atom stereocenters. The van der Waals surface area contributed by atoms with Crippen LogP contribution in [0.2, 0.25) is 5.02 Å². The predicted octanol–water partition coefficient (Wildman–Crippen LogP) is 5.48. The summed E-state index contributed by atoms with van der Waals surface area (Å²) in [4.78, 5) is 2.61. The van der Waals surface area contributed by atoms with Gasteiger partial charge < -0.3 is 5.32 Å². The molecule has 0 fully saturated rings. The quantitative estimate of drug-likeness (QED) is 0.763. The monoisotopic (exact) mass is 357 g/mol. The Labute approximate surface area is 132 Å². The number of thiophene rings is 1. The van der Waals surface area contributed by atoms with Crippen molar-refractivity contribution in [3.8, 4) is 0 Å². The summed E-state index contributed by atoms with van der Waals surface area (Å²) < 4.78 is 1.17. The molecule has 1 aromatic heterocycles. The van der Waals surface area contributed by atoms with Crippen molar-refractivity contribution < 1.29 is 0 Å². The summed E-state index contributed by atoms with van der Waals surface area (Å²) in [6.45, 7) is 7.20. The van der Waals surface area contributed by atoms with Gasteiger partial charge in [0.1, 0.15) is 0 Å². The van der Waals surface area contributed by atoms with Crippen LogP contribution in [0.15, 0.2) is 28.7 Å². The van der Waals surface area contributed by atoms with E-state index >= 15 is 0 Å². The van der Waals surface area contributed by atoms with Crippen LogP contribution < -0.4 is 5.32 Å². The Morgan fingerprint density at radius 3 is 2.58 bits per heavy atom. The van der Waals surface area contributed by atoms with Gasteiger partial charge in [-0.25, -0.2) is 0 Å². The van der Waals surface area contributed by atoms with Crippen LogP contribution in [0.5, 0.6) is 0 Å². The van der Waals surface area contributed by atoms with Gasteiger partial charge in [0.2, 0.25) is 0 Å². The van der Waals surface area contributed by atoms with Gasteiger partial charge in [-0.3, -0.25) is 0 Å². The van der Waals surface area contributed by atoms with Crippen LogP contribution in [0.25, 0.3) is 0 Å². The van der Waals surface area contributed by atoms with Gasteiger partial charge in [0, 0.05) is 19.2 Å². The summed E-state index contributed by atoms with van der Waals surface area (Å²) in [7, 11) is 0. The maximum atomic E-state index is 6.25. The molecule has 0 amide bonds. The van der Waals surface area contributed by atoms with Gasteiger partial charge in [-0.15, -0.1) is 11.3 Å². The number of aryl methyl sites for hydroxylation is 2. The Morgan fingerprint density at radius 2 is 2.05 bits per heavy atom. The minimum atomic E-state index is 0.207. The fourth-order valence-electron chi connectivity index (χ4n) is 2.00. The van der Waals surface area contributed by atoms with Crippen LogP contribution in [0.1, 0.15) is 33.8 Å². The molecule has 4 heteroatoms. The lowest BCUT2D eigenvalue weighted by atomic mass is 10.0. The first-order chi connectivity index (χ1) is 9.02. The van der Waals surface area contributed by atoms with Crippen LogP contribution in [0.4, 0.5) is 0 Å². The SMILES string of the molecule is CCNC(c1ccc(C)c(Cl)c1)c1cc(Br)c(C)s1. The molecule has 0 saturated carbocycles. The lowest BCUT2D eigenvalue weighted by molar-refractivity contribution is 0.639. The van der Waals surface area contributed by atoms with Crippen molar-refractivity contribution >= 4 is 38.9 Å². The highest BCUT2D eigenvalue weighted by molar-refractivity contribution is 9.10. The molecule has 1 aromatic carbocycles. The number of benzene rings is 1. The van der Waals surface area contributed by atoms with E-state index in [1.807, 2.05) is 18.3 Å². The van der Waals surface area contributed by atoms with Crippen molar-refractivity contribution in [2.75, 3.05) is 6.54 Å². The predicted molar refractivity (Wildman–Crippen MR) is 88.5 cm³/mol. The largest absolute Gasteiger partial charge is 0.306 e. The van der Waals surface area contributed by atoms with Gasteiger partial charge in [0.05, 0.1) is 6.04 Å². The third-order valence-corrected chi connectivity index (χ3v) is 5.71. The molecule has 1 nitrogen and oxygen atoms in total. The van der Waals surface area contributed by atoms with Crippen LogP contribution in [0, 0.1) is 13.8 Å². The molecular formula is C15H17BrClNS. The Morgan fingerprint density at radius 1 is 1.32 bits per heavy atom. The molecule has 0 aliphatic carbocycles. The summed E-state index contributed by atoms with van der Waals surface area (Å²) >= 11 is 11.7. The van der Waals surface area contributed by atoms with E-state index in [4.69, 9.17) is 11.6 Å². The lowest BCUT2D eigenvalue weighted by Gasteiger charge is -2.17. The minimum Gasteiger partial charge on any atom is -0.306 e. The number of hydrogen-bond acceptors (Lipinski definition) is 2. The summed E-state index contributed by atoms with van der Waals surface area (Å²) in [5.41, 5.74) is 2.33. The maximum Gasteiger partial charge on any atom is 0.0671 e. The standard InChI is InChI=1S/C15H17BrClNS/c1-4-18-15(14-8-12(16)10(3)19-14)11-6-5-9(2)13(17)7-11/h5-8,15,18H,4H2,1-3H3. The van der Waals surface area contributed by atoms with E-state index in [1.165, 1.54) is 19.8 Å². The molecule has 0 saturated heterocycles. The van der Waals surface area contributed by atoms with Crippen LogP contribution in [-0.4, -0.2) is 6.54 Å². The van der Waals surface area contributed by atoms with Crippen molar-refractivity contribution in [3.05, 3.63) is 54.6 Å². The highest BCUT2D eigenvalue weighted by atomic mass is 79.9. The second-order valence-electron chi connectivity index (χ2n) is 4.55. The first-order valence-corrected chi connectivity index (χ1v) is 8.27. The van der Waals surface area contributed by atoms with E-state index in [1.54, 1.807) is 0 Å². The average Bonchev–Trinajstić information content (AvgIpc) is 2.70. The van der Waals surface area contributed by atoms with E-state index < -0.39 is 0 Å². The Balaban J connectivity index is 2.41. The zero-order chi connectivity index (χ0) is 14.0. The highest BCUT2D eigenvalue weighted by Gasteiger charge is 2.17. The van der Waals surface area contributed by atoms with E-state index in [-0.39, 0.29) is 6.04 Å². The first kappa shape index (κ1) is 15.0. The molecule has 2 rings (SSSR count). The van der Waals surface area contributed by atoms with Crippen molar-refractivity contribution in [1.29, 1.82) is 0 Å². The molecular weight excluding hydrogens is 342 g/mol. The molecule has 19 heavy (non-hydrogen) atoms. The fourth-order valence-corrected chi connectivity index (χ4v) is 3.85. The molecule has 1 N–H and O–H groups in total. The third-order valence-electron chi connectivity index (χ3n) is 3.10. The molecule has 1 heterocycles. The number of hydrogen-bond donors (Lipinski definition) is 1. The molecule has 0 aliphatic heterocycles. The lowest BCUT2D eigenvalue weighted by Crippen LogP contribution is -2.21. The molecule has 1 atom stereocenters. The second kappa shape index (κ2) is 6.40. The van der Waals surface area contributed by atoms with Crippen molar-refractivity contribution in [2.24, 2.45) is 0 Å². The number of nitrogens with one attached hydrogen (secondary N) is 1. The van der Waals surface area contributed by atoms with E-state index in [0.29, 0.717) is 0 Å². The molecule has 0 bridgehead atoms. The van der Waals surface area contributed by atoms with E-state index in [9.17, 15) is 0 Å². The van der Waals surface area contributed by atoms with Gasteiger partial charge >= 0.3 is 0 Å². The van der Waals surface area contributed by atoms with Gasteiger partial charge in [-0.1, -0.05) is 30.7 Å². The molecule has 102 valence electrons. The normalized spacial score (nSPS) is 12.7. The number of rotatable bonds is 4. The van der Waals surface area contributed by atoms with E-state index in [0.717, 1.165) is 17.1 Å². The topological polar surface area (TPSA) is 12.0 Å². The van der Waals surface area contributed by atoms with Crippen molar-refractivity contribution in [3.63, 3.8) is 0 Å². The Hall–Kier alpha value is -0.350. The molecule has 0 radical (unpaired) electrons. The third kappa shape index (κ3) is 3.40. The zero-order valence-electron chi connectivity index (χ0n) is 11.3. The summed E-state index contributed by atoms with van der Waals surface area (Å²) in [5, 5.41) is 4.36. The smallest absolute Gasteiger partial charge is 0.0671 e. The maximum absolute atomic E-state index is 6.25. The van der Waals surface area contributed by atoms with Gasteiger partial charge in [0.15, 0.2) is 0 Å². The van der Waals surface area contributed by atoms with Crippen LogP contribution >= 0.6 is 38.9 Å². The number of halogens is 2. The summed E-state index contributed by atoms with van der Waals surface area (Å²) in [5.74, 6) is 0. The Bertz CT molecular complexity index is 560. The van der Waals surface area contributed by atoms with Crippen LogP contribution in [0.3, 0.4) is 0 Å². The summed E-state index contributed by atoms with van der Waals surface area (Å²) in [6, 6.07) is 8.70. The van der Waals surface area contributed by atoms with Crippen LogP contribution in [-0.2, 0) is 0 Å². The second-order valence-corrected chi connectivity index (χ2v) is 7.10.